The fourth-order valence-electron chi connectivity index (χ4n) is 1.46. The van der Waals surface area contributed by atoms with Crippen LogP contribution in [0.1, 0.15) is 0 Å². The average molecular weight is 158 g/mol. The van der Waals surface area contributed by atoms with Gasteiger partial charge in [-0.05, 0) is 0 Å². The molecule has 4 nitrogen and oxygen atoms in total. The molecule has 0 aromatic carbocycles. The summed E-state index contributed by atoms with van der Waals surface area (Å²) in [5.41, 5.74) is 0. The molecule has 2 rings (SSSR count). The van der Waals surface area contributed by atoms with Gasteiger partial charge in [0.1, 0.15) is 24.4 Å². The van der Waals surface area contributed by atoms with Gasteiger partial charge in [0, 0.05) is 0 Å². The van der Waals surface area contributed by atoms with E-state index in [1.165, 1.54) is 0 Å². The molecule has 0 saturated carbocycles. The zero-order chi connectivity index (χ0) is 7.14. The molecule has 2 aliphatic rings. The second kappa shape index (κ2) is 2.17. The highest BCUT2D eigenvalue weighted by atomic mass is 17.2. The lowest BCUT2D eigenvalue weighted by molar-refractivity contribution is 0.00205. The van der Waals surface area contributed by atoms with Gasteiger partial charge in [0.2, 0.25) is 0 Å². The van der Waals surface area contributed by atoms with Crippen molar-refractivity contribution >= 4 is 0 Å². The highest BCUT2D eigenvalue weighted by molar-refractivity contribution is 4.93. The van der Waals surface area contributed by atoms with Crippen molar-refractivity contribution < 1.29 is 19.7 Å². The van der Waals surface area contributed by atoms with E-state index in [1.54, 1.807) is 0 Å². The van der Waals surface area contributed by atoms with Gasteiger partial charge in [-0.1, -0.05) is 0 Å². The third-order valence-electron chi connectivity index (χ3n) is 2.00. The van der Waals surface area contributed by atoms with Crippen LogP contribution in [0.5, 0.6) is 0 Å². The van der Waals surface area contributed by atoms with Gasteiger partial charge in [0.05, 0.1) is 13.2 Å². The number of ether oxygens (including phenoxy) is 2. The second-order valence-electron chi connectivity index (χ2n) is 2.73. The number of aliphatic hydroxyl groups excluding tert-OH is 2. The second-order valence-corrected chi connectivity index (χ2v) is 2.73. The van der Waals surface area contributed by atoms with Crippen LogP contribution in [0.15, 0.2) is 0 Å². The van der Waals surface area contributed by atoms with E-state index in [2.05, 4.69) is 0 Å². The van der Waals surface area contributed by atoms with E-state index < -0.39 is 12.2 Å². The highest BCUT2D eigenvalue weighted by Crippen LogP contribution is 2.26. The molecule has 2 aliphatic heterocycles. The molecule has 0 aromatic rings. The van der Waals surface area contributed by atoms with Crippen molar-refractivity contribution in [1.29, 1.82) is 0 Å². The van der Waals surface area contributed by atoms with Crippen LogP contribution in [-0.2, 0) is 9.47 Å². The van der Waals surface area contributed by atoms with Crippen molar-refractivity contribution in [3.05, 3.63) is 0 Å². The van der Waals surface area contributed by atoms with Gasteiger partial charge in [-0.15, -0.1) is 0 Å². The van der Waals surface area contributed by atoms with Gasteiger partial charge < -0.3 is 19.7 Å². The predicted octanol–water partition coefficient (Wildman–Crippen LogP) is -1.49. The third kappa shape index (κ3) is 0.769. The molecule has 2 N–H and O–H groups in total. The summed E-state index contributed by atoms with van der Waals surface area (Å²) in [4.78, 5) is 0. The molecular formula is C6H10O4. The van der Waals surface area contributed by atoms with E-state index in [0.717, 1.165) is 0 Å². The van der Waals surface area contributed by atoms with Crippen molar-refractivity contribution in [2.24, 2.45) is 0 Å². The van der Waals surface area contributed by atoms with Crippen molar-refractivity contribution in [2.45, 2.75) is 24.4 Å². The molecule has 0 unspecified atom stereocenters. The fraction of sp³-hybridized carbons (Fsp3) is 1.00. The Bertz CT molecular complexity index is 122. The number of fused-ring (bicyclic) bond motifs is 1. The number of aliphatic hydroxyl groups is 2. The summed E-state index contributed by atoms with van der Waals surface area (Å²) in [5, 5.41) is 18.3. The van der Waals surface area contributed by atoms with Crippen LogP contribution in [0.4, 0.5) is 0 Å². The maximum atomic E-state index is 9.16. The lowest BCUT2D eigenvalue weighted by Gasteiger charge is -2.09. The van der Waals surface area contributed by atoms with Crippen LogP contribution >= 0.6 is 0 Å². The van der Waals surface area contributed by atoms with E-state index in [-0.39, 0.29) is 25.4 Å². The van der Waals surface area contributed by atoms with Crippen molar-refractivity contribution in [2.75, 3.05) is 13.2 Å². The minimum absolute atomic E-state index is 0.284. The Kier molecular flexibility index (Phi) is 1.42. The van der Waals surface area contributed by atoms with Gasteiger partial charge in [0.15, 0.2) is 0 Å². The minimum atomic E-state index is -0.554. The molecule has 2 fully saturated rings. The molecule has 0 aliphatic carbocycles. The zero-order valence-corrected chi connectivity index (χ0v) is 5.43. The normalized spacial score (nSPS) is 53.4. The molecule has 0 spiro atoms. The summed E-state index contributed by atoms with van der Waals surface area (Å²) in [5.74, 6) is 0. The minimum Gasteiger partial charge on any atom is -0.388 e. The number of hydrogen-bond acceptors (Lipinski definition) is 4. The Hall–Kier alpha value is -0.160. The Morgan fingerprint density at radius 2 is 1.30 bits per heavy atom. The Morgan fingerprint density at radius 3 is 1.70 bits per heavy atom. The molecule has 4 heteroatoms. The predicted molar refractivity (Wildman–Crippen MR) is 31.5 cm³/mol. The molecule has 2 heterocycles. The van der Waals surface area contributed by atoms with Gasteiger partial charge in [-0.3, -0.25) is 0 Å². The van der Waals surface area contributed by atoms with Crippen LogP contribution in [0.2, 0.25) is 0 Å². The monoisotopic (exact) mass is 158 g/mol. The Labute approximate surface area is 58.4 Å². The summed E-state index contributed by atoms with van der Waals surface area (Å²) >= 11 is 0. The van der Waals surface area contributed by atoms with Gasteiger partial charge in [-0.25, -0.2) is 0 Å². The average Bonchev–Trinajstić information content (AvgIpc) is 2.41. The van der Waals surface area contributed by atoms with Gasteiger partial charge in [0.25, 0.3) is 0 Å². The summed E-state index contributed by atoms with van der Waals surface area (Å²) in [6.07, 6.45) is -1.70. The van der Waals surface area contributed by atoms with Crippen LogP contribution in [0.25, 0.3) is 0 Å². The molecule has 10 heavy (non-hydrogen) atoms. The smallest absolute Gasteiger partial charge is 0.114 e. The van der Waals surface area contributed by atoms with Gasteiger partial charge >= 0.3 is 0 Å². The number of hydrogen-bond donors (Lipinski definition) is 2. The molecule has 0 radical (unpaired) electrons. The molecule has 0 amide bonds. The Balaban J connectivity index is 2.09. The quantitative estimate of drug-likeness (QED) is 0.450. The number of rotatable bonds is 0. The maximum Gasteiger partial charge on any atom is 0.114 e. The third-order valence-corrected chi connectivity index (χ3v) is 2.00. The molecule has 2 saturated heterocycles. The zero-order valence-electron chi connectivity index (χ0n) is 5.43. The molecule has 0 aromatic heterocycles. The molecule has 0 bridgehead atoms. The van der Waals surface area contributed by atoms with Crippen LogP contribution < -0.4 is 0 Å². The standard InChI is InChI=1S/C6H10O4/c7-3-1-9-6-4(8)2-10-5(3)6/h3-8H,1-2H2/t3-,4+,5-,6-/m1/s1/i1+2,2+2,3+2,4+2,5+2,6+2. The topological polar surface area (TPSA) is 58.9 Å². The SMILES string of the molecule is O[14C@@H]1[14CH2]O[14C@H]2[14C@@H]1O[14CH2][14C@@H]2O. The summed E-state index contributed by atoms with van der Waals surface area (Å²) in [7, 11) is 0. The van der Waals surface area contributed by atoms with E-state index >= 15 is 0 Å². The Morgan fingerprint density at radius 1 is 0.900 bits per heavy atom. The van der Waals surface area contributed by atoms with Crippen LogP contribution in [0.3, 0.4) is 0 Å². The lowest BCUT2D eigenvalue weighted by Crippen LogP contribution is -2.30. The summed E-state index contributed by atoms with van der Waals surface area (Å²) in [6.45, 7) is 0.568. The molecular weight excluding hydrogens is 148 g/mol. The van der Waals surface area contributed by atoms with Crippen LogP contribution in [-0.4, -0.2) is 47.8 Å². The maximum absolute atomic E-state index is 9.16. The van der Waals surface area contributed by atoms with Gasteiger partial charge in [-0.2, -0.15) is 0 Å². The van der Waals surface area contributed by atoms with Crippen molar-refractivity contribution in [3.8, 4) is 0 Å². The van der Waals surface area contributed by atoms with E-state index in [9.17, 15) is 0 Å². The molecule has 4 atom stereocenters. The van der Waals surface area contributed by atoms with Crippen molar-refractivity contribution in [1.82, 2.24) is 0 Å². The summed E-state index contributed by atoms with van der Waals surface area (Å²) in [6, 6.07) is 0. The largest absolute Gasteiger partial charge is 0.388 e. The van der Waals surface area contributed by atoms with Crippen molar-refractivity contribution in [3.63, 3.8) is 0 Å². The first-order valence-electron chi connectivity index (χ1n) is 3.38. The summed E-state index contributed by atoms with van der Waals surface area (Å²) < 4.78 is 10.2. The van der Waals surface area contributed by atoms with E-state index in [0.29, 0.717) is 0 Å². The first kappa shape index (κ1) is 6.54. The van der Waals surface area contributed by atoms with E-state index in [1.807, 2.05) is 0 Å². The first-order valence-corrected chi connectivity index (χ1v) is 3.38. The molecule has 58 valence electrons. The van der Waals surface area contributed by atoms with E-state index in [4.69, 9.17) is 19.7 Å². The highest BCUT2D eigenvalue weighted by Gasteiger charge is 2.46. The first-order chi connectivity index (χ1) is 4.79. The van der Waals surface area contributed by atoms with Crippen LogP contribution in [0, 0.1) is 0 Å². The fourth-order valence-corrected chi connectivity index (χ4v) is 1.46. The lowest BCUT2D eigenvalue weighted by atomic mass is 12.1.